The molecule has 1 amide bonds. The first-order valence-electron chi connectivity index (χ1n) is 10.7. The summed E-state index contributed by atoms with van der Waals surface area (Å²) >= 11 is 0. The van der Waals surface area contributed by atoms with Crippen LogP contribution in [0.25, 0.3) is 11.3 Å². The van der Waals surface area contributed by atoms with E-state index in [0.29, 0.717) is 25.1 Å². The summed E-state index contributed by atoms with van der Waals surface area (Å²) in [5.41, 5.74) is 5.36. The highest BCUT2D eigenvalue weighted by molar-refractivity contribution is 5.99. The monoisotopic (exact) mass is 415 g/mol. The van der Waals surface area contributed by atoms with Gasteiger partial charge < -0.3 is 15.0 Å². The van der Waals surface area contributed by atoms with Crippen LogP contribution in [0.15, 0.2) is 48.7 Å². The van der Waals surface area contributed by atoms with Crippen molar-refractivity contribution < 1.29 is 9.53 Å². The molecule has 0 unspecified atom stereocenters. The summed E-state index contributed by atoms with van der Waals surface area (Å²) in [7, 11) is 0. The quantitative estimate of drug-likeness (QED) is 0.686. The zero-order valence-electron chi connectivity index (χ0n) is 17.5. The number of aryl methyl sites for hydroxylation is 1. The average molecular weight is 415 g/mol. The van der Waals surface area contributed by atoms with E-state index in [1.165, 1.54) is 0 Å². The second kappa shape index (κ2) is 8.43. The number of hydrogen-bond donors (Lipinski definition) is 1. The van der Waals surface area contributed by atoms with Crippen molar-refractivity contribution in [2.24, 2.45) is 0 Å². The van der Waals surface area contributed by atoms with E-state index in [9.17, 15) is 4.79 Å². The van der Waals surface area contributed by atoms with Gasteiger partial charge in [-0.25, -0.2) is 9.97 Å². The molecule has 7 nitrogen and oxygen atoms in total. The van der Waals surface area contributed by atoms with Crippen LogP contribution in [-0.2, 0) is 17.8 Å². The Labute approximate surface area is 181 Å². The van der Waals surface area contributed by atoms with E-state index in [2.05, 4.69) is 20.3 Å². The number of nitrogens with one attached hydrogen (secondary N) is 1. The predicted molar refractivity (Wildman–Crippen MR) is 117 cm³/mol. The third kappa shape index (κ3) is 4.27. The molecule has 4 heterocycles. The number of pyridine rings is 1. The van der Waals surface area contributed by atoms with Crippen LogP contribution in [0.4, 0.5) is 5.95 Å². The van der Waals surface area contributed by atoms with Crippen LogP contribution < -0.4 is 5.32 Å². The Hall–Kier alpha value is -3.32. The van der Waals surface area contributed by atoms with Crippen LogP contribution in [0.1, 0.15) is 40.2 Å². The SMILES string of the molecule is Cc1cccc(CN2Cc3ccc(-c4ccnc(NC5CCOCC5)n4)cc3C2=O)n1. The van der Waals surface area contributed by atoms with E-state index in [1.807, 2.05) is 54.3 Å². The first-order valence-corrected chi connectivity index (χ1v) is 10.7. The second-order valence-electron chi connectivity index (χ2n) is 8.10. The molecule has 1 fully saturated rings. The molecule has 0 aliphatic carbocycles. The van der Waals surface area contributed by atoms with Gasteiger partial charge in [-0.1, -0.05) is 18.2 Å². The van der Waals surface area contributed by atoms with Gasteiger partial charge in [-0.3, -0.25) is 9.78 Å². The topological polar surface area (TPSA) is 80.2 Å². The molecule has 2 aliphatic rings. The molecule has 7 heteroatoms. The highest BCUT2D eigenvalue weighted by atomic mass is 16.5. The van der Waals surface area contributed by atoms with E-state index in [0.717, 1.165) is 59.8 Å². The number of hydrogen-bond acceptors (Lipinski definition) is 6. The summed E-state index contributed by atoms with van der Waals surface area (Å²) in [5, 5.41) is 3.41. The number of anilines is 1. The minimum atomic E-state index is 0.0368. The highest BCUT2D eigenvalue weighted by Gasteiger charge is 2.28. The van der Waals surface area contributed by atoms with Gasteiger partial charge in [-0.2, -0.15) is 0 Å². The molecule has 0 radical (unpaired) electrons. The van der Waals surface area contributed by atoms with Crippen LogP contribution >= 0.6 is 0 Å². The summed E-state index contributed by atoms with van der Waals surface area (Å²) in [4.78, 5) is 28.5. The number of ether oxygens (including phenoxy) is 1. The highest BCUT2D eigenvalue weighted by Crippen LogP contribution is 2.29. The predicted octanol–water partition coefficient (Wildman–Crippen LogP) is 3.59. The Morgan fingerprint density at radius 1 is 1.13 bits per heavy atom. The second-order valence-corrected chi connectivity index (χ2v) is 8.10. The van der Waals surface area contributed by atoms with Crippen molar-refractivity contribution in [3.63, 3.8) is 0 Å². The van der Waals surface area contributed by atoms with E-state index in [-0.39, 0.29) is 5.91 Å². The summed E-state index contributed by atoms with van der Waals surface area (Å²) in [6.07, 6.45) is 3.66. The number of nitrogens with zero attached hydrogens (tertiary/aromatic N) is 4. The Morgan fingerprint density at radius 2 is 2.00 bits per heavy atom. The first kappa shape index (κ1) is 19.6. The Kier molecular flexibility index (Phi) is 5.34. The molecule has 0 spiro atoms. The molecule has 0 bridgehead atoms. The smallest absolute Gasteiger partial charge is 0.254 e. The van der Waals surface area contributed by atoms with Gasteiger partial charge >= 0.3 is 0 Å². The Balaban J connectivity index is 1.34. The number of carbonyl (C=O) groups is 1. The van der Waals surface area contributed by atoms with Gasteiger partial charge in [0, 0.05) is 48.8 Å². The summed E-state index contributed by atoms with van der Waals surface area (Å²) in [6, 6.07) is 14.1. The summed E-state index contributed by atoms with van der Waals surface area (Å²) in [6.45, 7) is 4.60. The number of aromatic nitrogens is 3. The van der Waals surface area contributed by atoms with Crippen LogP contribution in [0.2, 0.25) is 0 Å². The van der Waals surface area contributed by atoms with E-state index >= 15 is 0 Å². The van der Waals surface area contributed by atoms with Gasteiger partial charge in [0.15, 0.2) is 0 Å². The lowest BCUT2D eigenvalue weighted by molar-refractivity contribution is 0.0764. The van der Waals surface area contributed by atoms with Crippen molar-refractivity contribution in [2.45, 2.75) is 38.9 Å². The van der Waals surface area contributed by atoms with Crippen LogP contribution in [0.5, 0.6) is 0 Å². The van der Waals surface area contributed by atoms with Gasteiger partial charge in [-0.05, 0) is 49.6 Å². The van der Waals surface area contributed by atoms with Crippen molar-refractivity contribution >= 4 is 11.9 Å². The summed E-state index contributed by atoms with van der Waals surface area (Å²) in [5.74, 6) is 0.651. The minimum Gasteiger partial charge on any atom is -0.381 e. The Bertz CT molecular complexity index is 1110. The normalized spacial score (nSPS) is 16.4. The van der Waals surface area contributed by atoms with Crippen molar-refractivity contribution in [1.82, 2.24) is 19.9 Å². The number of rotatable bonds is 5. The number of amides is 1. The molecule has 1 N–H and O–H groups in total. The maximum Gasteiger partial charge on any atom is 0.254 e. The molecule has 1 aromatic carbocycles. The first-order chi connectivity index (χ1) is 15.2. The maximum absolute atomic E-state index is 13.0. The maximum atomic E-state index is 13.0. The van der Waals surface area contributed by atoms with E-state index in [1.54, 1.807) is 6.20 Å². The minimum absolute atomic E-state index is 0.0368. The number of benzene rings is 1. The van der Waals surface area contributed by atoms with Crippen molar-refractivity contribution in [3.05, 3.63) is 71.2 Å². The molecule has 2 aromatic heterocycles. The summed E-state index contributed by atoms with van der Waals surface area (Å²) < 4.78 is 5.41. The largest absolute Gasteiger partial charge is 0.381 e. The standard InChI is InChI=1S/C24H25N5O2/c1-16-3-2-4-20(26-16)15-29-14-18-6-5-17(13-21(18)23(29)30)22-7-10-25-24(28-22)27-19-8-11-31-12-9-19/h2-7,10,13,19H,8-9,11-12,14-15H2,1H3,(H,25,27,28). The lowest BCUT2D eigenvalue weighted by Gasteiger charge is -2.23. The van der Waals surface area contributed by atoms with Gasteiger partial charge in [0.05, 0.1) is 17.9 Å². The zero-order chi connectivity index (χ0) is 21.2. The molecule has 2 aliphatic heterocycles. The van der Waals surface area contributed by atoms with Gasteiger partial charge in [0.25, 0.3) is 5.91 Å². The molecule has 1 saturated heterocycles. The fourth-order valence-electron chi connectivity index (χ4n) is 4.14. The lowest BCUT2D eigenvalue weighted by Crippen LogP contribution is -2.28. The van der Waals surface area contributed by atoms with Crippen molar-refractivity contribution in [1.29, 1.82) is 0 Å². The fraction of sp³-hybridized carbons (Fsp3) is 0.333. The third-order valence-corrected chi connectivity index (χ3v) is 5.79. The lowest BCUT2D eigenvalue weighted by atomic mass is 10.0. The zero-order valence-corrected chi connectivity index (χ0v) is 17.5. The van der Waals surface area contributed by atoms with Gasteiger partial charge in [-0.15, -0.1) is 0 Å². The fourth-order valence-corrected chi connectivity index (χ4v) is 4.14. The average Bonchev–Trinajstić information content (AvgIpc) is 3.09. The molecule has 158 valence electrons. The molecule has 31 heavy (non-hydrogen) atoms. The number of fused-ring (bicyclic) bond motifs is 1. The molecule has 5 rings (SSSR count). The van der Waals surface area contributed by atoms with E-state index < -0.39 is 0 Å². The van der Waals surface area contributed by atoms with Crippen molar-refractivity contribution in [2.75, 3.05) is 18.5 Å². The third-order valence-electron chi connectivity index (χ3n) is 5.79. The van der Waals surface area contributed by atoms with Crippen LogP contribution in [0.3, 0.4) is 0 Å². The van der Waals surface area contributed by atoms with Gasteiger partial charge in [0.1, 0.15) is 0 Å². The number of carbonyl (C=O) groups excluding carboxylic acids is 1. The van der Waals surface area contributed by atoms with E-state index in [4.69, 9.17) is 4.74 Å². The van der Waals surface area contributed by atoms with Crippen molar-refractivity contribution in [3.8, 4) is 11.3 Å². The van der Waals surface area contributed by atoms with Crippen LogP contribution in [-0.4, -0.2) is 45.0 Å². The molecule has 3 aromatic rings. The van der Waals surface area contributed by atoms with Gasteiger partial charge in [0.2, 0.25) is 5.95 Å². The Morgan fingerprint density at radius 3 is 2.84 bits per heavy atom. The molecular formula is C24H25N5O2. The molecule has 0 saturated carbocycles. The molecule has 0 atom stereocenters. The molecular weight excluding hydrogens is 390 g/mol. The van der Waals surface area contributed by atoms with Crippen LogP contribution in [0, 0.1) is 6.92 Å².